The number of piperazine rings is 1. The minimum Gasteiger partial charge on any atom is -0.311 e. The zero-order valence-corrected chi connectivity index (χ0v) is 10.5. The molecule has 1 aliphatic heterocycles. The van der Waals surface area contributed by atoms with E-state index in [9.17, 15) is 0 Å². The summed E-state index contributed by atoms with van der Waals surface area (Å²) in [6, 6.07) is 2.35. The van der Waals surface area contributed by atoms with E-state index in [0.29, 0.717) is 0 Å². The Balaban J connectivity index is 1.93. The maximum Gasteiger partial charge on any atom is 0.0196 e. The van der Waals surface area contributed by atoms with Gasteiger partial charge in [-0.2, -0.15) is 0 Å². The van der Waals surface area contributed by atoms with Crippen LogP contribution in [0.3, 0.4) is 0 Å². The average molecular weight is 210 g/mol. The molecule has 1 saturated carbocycles. The predicted molar refractivity (Wildman–Crippen MR) is 65.1 cm³/mol. The topological polar surface area (TPSA) is 15.3 Å². The highest BCUT2D eigenvalue weighted by molar-refractivity contribution is 4.90. The van der Waals surface area contributed by atoms with Crippen LogP contribution in [-0.4, -0.2) is 36.1 Å². The summed E-state index contributed by atoms with van der Waals surface area (Å²) in [6.45, 7) is 9.54. The van der Waals surface area contributed by atoms with Gasteiger partial charge in [0.05, 0.1) is 0 Å². The first kappa shape index (κ1) is 11.4. The van der Waals surface area contributed by atoms with Gasteiger partial charge in [-0.3, -0.25) is 4.90 Å². The van der Waals surface area contributed by atoms with Crippen molar-refractivity contribution in [1.82, 2.24) is 10.2 Å². The molecule has 15 heavy (non-hydrogen) atoms. The molecule has 1 N–H and O–H groups in total. The van der Waals surface area contributed by atoms with Crippen LogP contribution < -0.4 is 5.32 Å². The molecule has 0 aromatic rings. The van der Waals surface area contributed by atoms with Crippen LogP contribution in [0.5, 0.6) is 0 Å². The van der Waals surface area contributed by atoms with E-state index in [1.165, 1.54) is 38.8 Å². The van der Waals surface area contributed by atoms with Crippen LogP contribution in [0.15, 0.2) is 0 Å². The molecule has 0 radical (unpaired) electrons. The van der Waals surface area contributed by atoms with Crippen LogP contribution in [0.1, 0.15) is 46.5 Å². The van der Waals surface area contributed by atoms with Crippen LogP contribution in [0.2, 0.25) is 0 Å². The lowest BCUT2D eigenvalue weighted by Gasteiger charge is -2.42. The molecule has 88 valence electrons. The third kappa shape index (κ3) is 2.54. The molecular formula is C13H26N2. The van der Waals surface area contributed by atoms with Crippen LogP contribution in [0.4, 0.5) is 0 Å². The van der Waals surface area contributed by atoms with Gasteiger partial charge in [0, 0.05) is 31.2 Å². The van der Waals surface area contributed by atoms with Crippen molar-refractivity contribution in [3.05, 3.63) is 0 Å². The van der Waals surface area contributed by atoms with Crippen LogP contribution >= 0.6 is 0 Å². The highest BCUT2D eigenvalue weighted by atomic mass is 15.3. The molecule has 4 unspecified atom stereocenters. The minimum atomic E-state index is 0.733. The molecule has 2 rings (SSSR count). The standard InChI is InChI=1S/C13H26N2/c1-4-12-9-15(11(3)8-14-12)13-6-5-10(2)7-13/h10-14H,4-9H2,1-3H3. The van der Waals surface area contributed by atoms with Crippen molar-refractivity contribution in [2.45, 2.75) is 64.6 Å². The first-order chi connectivity index (χ1) is 7.20. The van der Waals surface area contributed by atoms with Crippen molar-refractivity contribution >= 4 is 0 Å². The molecule has 0 amide bonds. The monoisotopic (exact) mass is 210 g/mol. The fourth-order valence-corrected chi connectivity index (χ4v) is 3.21. The second kappa shape index (κ2) is 4.84. The Labute approximate surface area is 94.4 Å². The van der Waals surface area contributed by atoms with Gasteiger partial charge >= 0.3 is 0 Å². The van der Waals surface area contributed by atoms with Crippen LogP contribution in [0, 0.1) is 5.92 Å². The zero-order chi connectivity index (χ0) is 10.8. The lowest BCUT2D eigenvalue weighted by atomic mass is 10.0. The second-order valence-corrected chi connectivity index (χ2v) is 5.63. The third-order valence-electron chi connectivity index (χ3n) is 4.33. The van der Waals surface area contributed by atoms with Gasteiger partial charge in [-0.1, -0.05) is 13.8 Å². The van der Waals surface area contributed by atoms with Gasteiger partial charge in [0.15, 0.2) is 0 Å². The summed E-state index contributed by atoms with van der Waals surface area (Å²) < 4.78 is 0. The smallest absolute Gasteiger partial charge is 0.0196 e. The van der Waals surface area contributed by atoms with Gasteiger partial charge in [0.25, 0.3) is 0 Å². The molecule has 2 fully saturated rings. The Morgan fingerprint density at radius 3 is 2.67 bits per heavy atom. The van der Waals surface area contributed by atoms with E-state index in [1.807, 2.05) is 0 Å². The van der Waals surface area contributed by atoms with Gasteiger partial charge in [-0.05, 0) is 38.5 Å². The SMILES string of the molecule is CCC1CN(C2CCC(C)C2)C(C)CN1. The fourth-order valence-electron chi connectivity index (χ4n) is 3.21. The maximum absolute atomic E-state index is 3.64. The Morgan fingerprint density at radius 2 is 2.07 bits per heavy atom. The highest BCUT2D eigenvalue weighted by Crippen LogP contribution is 2.30. The summed E-state index contributed by atoms with van der Waals surface area (Å²) >= 11 is 0. The molecular weight excluding hydrogens is 184 g/mol. The molecule has 4 atom stereocenters. The molecule has 1 heterocycles. The Bertz CT molecular complexity index is 205. The molecule has 1 saturated heterocycles. The normalized spacial score (nSPS) is 43.4. The first-order valence-electron chi connectivity index (χ1n) is 6.69. The van der Waals surface area contributed by atoms with Gasteiger partial charge in [-0.15, -0.1) is 0 Å². The summed E-state index contributed by atoms with van der Waals surface area (Å²) in [4.78, 5) is 2.77. The largest absolute Gasteiger partial charge is 0.311 e. The van der Waals surface area contributed by atoms with Crippen molar-refractivity contribution in [2.24, 2.45) is 5.92 Å². The third-order valence-corrected chi connectivity index (χ3v) is 4.33. The molecule has 0 aromatic carbocycles. The Morgan fingerprint density at radius 1 is 1.27 bits per heavy atom. The van der Waals surface area contributed by atoms with E-state index in [-0.39, 0.29) is 0 Å². The number of nitrogens with zero attached hydrogens (tertiary/aromatic N) is 1. The first-order valence-corrected chi connectivity index (χ1v) is 6.69. The van der Waals surface area contributed by atoms with Gasteiger partial charge in [-0.25, -0.2) is 0 Å². The van der Waals surface area contributed by atoms with Crippen molar-refractivity contribution in [3.8, 4) is 0 Å². The molecule has 0 spiro atoms. The van der Waals surface area contributed by atoms with E-state index in [4.69, 9.17) is 0 Å². The lowest BCUT2D eigenvalue weighted by Crippen LogP contribution is -2.57. The maximum atomic E-state index is 3.64. The summed E-state index contributed by atoms with van der Waals surface area (Å²) in [5, 5.41) is 3.64. The molecule has 1 aliphatic carbocycles. The average Bonchev–Trinajstić information content (AvgIpc) is 2.65. The van der Waals surface area contributed by atoms with E-state index in [1.54, 1.807) is 0 Å². The molecule has 2 heteroatoms. The van der Waals surface area contributed by atoms with Gasteiger partial charge in [0.1, 0.15) is 0 Å². The van der Waals surface area contributed by atoms with Gasteiger partial charge < -0.3 is 5.32 Å². The molecule has 2 aliphatic rings. The van der Waals surface area contributed by atoms with E-state index in [2.05, 4.69) is 31.0 Å². The van der Waals surface area contributed by atoms with E-state index >= 15 is 0 Å². The summed E-state index contributed by atoms with van der Waals surface area (Å²) in [7, 11) is 0. The van der Waals surface area contributed by atoms with E-state index < -0.39 is 0 Å². The van der Waals surface area contributed by atoms with E-state index in [0.717, 1.165) is 24.0 Å². The van der Waals surface area contributed by atoms with Crippen molar-refractivity contribution in [2.75, 3.05) is 13.1 Å². The quantitative estimate of drug-likeness (QED) is 0.752. The zero-order valence-electron chi connectivity index (χ0n) is 10.5. The number of rotatable bonds is 2. The minimum absolute atomic E-state index is 0.733. The summed E-state index contributed by atoms with van der Waals surface area (Å²) in [5.41, 5.74) is 0. The van der Waals surface area contributed by atoms with Gasteiger partial charge in [0.2, 0.25) is 0 Å². The Kier molecular flexibility index (Phi) is 3.68. The van der Waals surface area contributed by atoms with Crippen LogP contribution in [-0.2, 0) is 0 Å². The second-order valence-electron chi connectivity index (χ2n) is 5.63. The highest BCUT2D eigenvalue weighted by Gasteiger charge is 2.33. The fraction of sp³-hybridized carbons (Fsp3) is 1.00. The van der Waals surface area contributed by atoms with Crippen LogP contribution in [0.25, 0.3) is 0 Å². The number of nitrogens with one attached hydrogen (secondary N) is 1. The molecule has 0 aromatic heterocycles. The van der Waals surface area contributed by atoms with Crippen molar-refractivity contribution in [3.63, 3.8) is 0 Å². The number of hydrogen-bond acceptors (Lipinski definition) is 2. The Hall–Kier alpha value is -0.0800. The molecule has 2 nitrogen and oxygen atoms in total. The molecule has 0 bridgehead atoms. The summed E-state index contributed by atoms with van der Waals surface area (Å²) in [5.74, 6) is 0.956. The predicted octanol–water partition coefficient (Wildman–Crippen LogP) is 2.25. The lowest BCUT2D eigenvalue weighted by molar-refractivity contribution is 0.0903. The number of hydrogen-bond donors (Lipinski definition) is 1. The van der Waals surface area contributed by atoms with Crippen molar-refractivity contribution in [1.29, 1.82) is 0 Å². The van der Waals surface area contributed by atoms with Crippen molar-refractivity contribution < 1.29 is 0 Å². The summed E-state index contributed by atoms with van der Waals surface area (Å²) in [6.07, 6.45) is 5.58.